The summed E-state index contributed by atoms with van der Waals surface area (Å²) in [5, 5.41) is 0.719. The fraction of sp³-hybridized carbons (Fsp3) is 0.304. The molecule has 0 atom stereocenters. The molecule has 0 aliphatic heterocycles. The highest BCUT2D eigenvalue weighted by molar-refractivity contribution is 7.89. The number of unbranched alkanes of at least 4 members (excludes halogenated alkanes) is 2. The highest BCUT2D eigenvalue weighted by Gasteiger charge is 2.16. The third kappa shape index (κ3) is 6.35. The maximum Gasteiger partial charge on any atom is 0.355 e. The van der Waals surface area contributed by atoms with Crippen LogP contribution in [0.3, 0.4) is 0 Å². The average molecular weight is 512 g/mol. The van der Waals surface area contributed by atoms with Gasteiger partial charge in [0.15, 0.2) is 5.75 Å². The van der Waals surface area contributed by atoms with E-state index in [9.17, 15) is 18.0 Å². The molecule has 0 fully saturated rings. The van der Waals surface area contributed by atoms with Crippen LogP contribution in [-0.4, -0.2) is 20.9 Å². The first-order valence-corrected chi connectivity index (χ1v) is 12.5. The van der Waals surface area contributed by atoms with Crippen molar-refractivity contribution in [2.24, 2.45) is 0 Å². The number of esters is 1. The van der Waals surface area contributed by atoms with E-state index in [4.69, 9.17) is 32.4 Å². The van der Waals surface area contributed by atoms with Crippen molar-refractivity contribution in [2.45, 2.75) is 44.4 Å². The number of carbonyl (C=O) groups excluding carboxylic acids is 1. The lowest BCUT2D eigenvalue weighted by molar-refractivity contribution is -0.134. The zero-order chi connectivity index (χ0) is 24.2. The van der Waals surface area contributed by atoms with Gasteiger partial charge in [0, 0.05) is 24.4 Å². The van der Waals surface area contributed by atoms with Crippen LogP contribution in [0.5, 0.6) is 5.75 Å². The number of hydrogen-bond donors (Lipinski definition) is 1. The molecule has 176 valence electrons. The number of halogens is 2. The Kier molecular flexibility index (Phi) is 8.18. The zero-order valence-electron chi connectivity index (χ0n) is 18.1. The minimum absolute atomic E-state index is 0.0236. The van der Waals surface area contributed by atoms with Gasteiger partial charge >= 0.3 is 11.6 Å². The fourth-order valence-electron chi connectivity index (χ4n) is 3.16. The van der Waals surface area contributed by atoms with E-state index in [1.165, 1.54) is 12.1 Å². The molecule has 1 N–H and O–H groups in total. The van der Waals surface area contributed by atoms with E-state index in [1.54, 1.807) is 31.2 Å². The Morgan fingerprint density at radius 2 is 1.76 bits per heavy atom. The summed E-state index contributed by atoms with van der Waals surface area (Å²) < 4.78 is 37.5. The number of nitrogens with one attached hydrogen (secondary N) is 1. The first kappa shape index (κ1) is 25.2. The number of aryl methyl sites for hydroxylation is 2. The summed E-state index contributed by atoms with van der Waals surface area (Å²) in [6.45, 7) is 3.82. The summed E-state index contributed by atoms with van der Waals surface area (Å²) in [7, 11) is -3.55. The maximum absolute atomic E-state index is 12.2. The van der Waals surface area contributed by atoms with Gasteiger partial charge in [0.25, 0.3) is 0 Å². The van der Waals surface area contributed by atoms with Gasteiger partial charge in [-0.3, -0.25) is 4.79 Å². The number of rotatable bonds is 9. The predicted molar refractivity (Wildman–Crippen MR) is 128 cm³/mol. The van der Waals surface area contributed by atoms with Crippen molar-refractivity contribution in [3.05, 3.63) is 68.0 Å². The molecular formula is C23H23Cl2NO6S. The average Bonchev–Trinajstić information content (AvgIpc) is 2.76. The molecule has 0 saturated heterocycles. The highest BCUT2D eigenvalue weighted by Crippen LogP contribution is 2.33. The van der Waals surface area contributed by atoms with Crippen LogP contribution in [0.25, 0.3) is 11.0 Å². The molecule has 0 aliphatic carbocycles. The van der Waals surface area contributed by atoms with E-state index >= 15 is 0 Å². The Morgan fingerprint density at radius 1 is 1.06 bits per heavy atom. The van der Waals surface area contributed by atoms with Gasteiger partial charge in [-0.1, -0.05) is 47.3 Å². The first-order chi connectivity index (χ1) is 15.6. The van der Waals surface area contributed by atoms with Gasteiger partial charge in [0.05, 0.1) is 9.92 Å². The van der Waals surface area contributed by atoms with Crippen molar-refractivity contribution in [1.82, 2.24) is 4.72 Å². The Balaban J connectivity index is 1.47. The largest absolute Gasteiger partial charge is 0.425 e. The van der Waals surface area contributed by atoms with E-state index in [-0.39, 0.29) is 39.2 Å². The van der Waals surface area contributed by atoms with Crippen molar-refractivity contribution >= 4 is 50.2 Å². The van der Waals surface area contributed by atoms with Crippen molar-refractivity contribution in [3.63, 3.8) is 0 Å². The van der Waals surface area contributed by atoms with Crippen molar-refractivity contribution in [1.29, 1.82) is 0 Å². The summed E-state index contributed by atoms with van der Waals surface area (Å²) >= 11 is 12.1. The fourth-order valence-corrected chi connectivity index (χ4v) is 4.58. The molecule has 3 aromatic rings. The predicted octanol–water partition coefficient (Wildman–Crippen LogP) is 5.16. The summed E-state index contributed by atoms with van der Waals surface area (Å²) in [6.07, 6.45) is 1.84. The lowest BCUT2D eigenvalue weighted by Gasteiger charge is -2.09. The number of sulfonamides is 1. The summed E-state index contributed by atoms with van der Waals surface area (Å²) in [6, 6.07) is 9.53. The van der Waals surface area contributed by atoms with Crippen LogP contribution in [0.1, 0.15) is 36.8 Å². The Bertz CT molecular complexity index is 1330. The Hall–Kier alpha value is -2.39. The molecule has 0 aliphatic rings. The molecule has 1 aromatic heterocycles. The van der Waals surface area contributed by atoms with Crippen LogP contribution in [0, 0.1) is 13.8 Å². The van der Waals surface area contributed by atoms with E-state index in [0.717, 1.165) is 5.56 Å². The number of fused-ring (bicyclic) bond motifs is 1. The number of benzene rings is 2. The van der Waals surface area contributed by atoms with Crippen LogP contribution < -0.4 is 15.1 Å². The normalized spacial score (nSPS) is 11.6. The second-order valence-corrected chi connectivity index (χ2v) is 10.2. The van der Waals surface area contributed by atoms with Crippen LogP contribution in [-0.2, 0) is 14.8 Å². The molecule has 0 amide bonds. The molecule has 10 heteroatoms. The second kappa shape index (κ2) is 10.7. The molecule has 2 aromatic carbocycles. The van der Waals surface area contributed by atoms with Gasteiger partial charge in [-0.25, -0.2) is 17.9 Å². The van der Waals surface area contributed by atoms with Crippen LogP contribution >= 0.6 is 23.2 Å². The number of hydrogen-bond acceptors (Lipinski definition) is 6. The molecule has 7 nitrogen and oxygen atoms in total. The molecule has 1 heterocycles. The minimum atomic E-state index is -3.55. The van der Waals surface area contributed by atoms with Crippen molar-refractivity contribution in [2.75, 3.05) is 6.54 Å². The molecular weight excluding hydrogens is 489 g/mol. The molecule has 0 saturated carbocycles. The monoisotopic (exact) mass is 511 g/mol. The number of ether oxygens (including phenoxy) is 1. The summed E-state index contributed by atoms with van der Waals surface area (Å²) in [5.74, 6) is -0.408. The van der Waals surface area contributed by atoms with E-state index in [0.29, 0.717) is 30.2 Å². The van der Waals surface area contributed by atoms with Gasteiger partial charge in [-0.15, -0.1) is 0 Å². The van der Waals surface area contributed by atoms with Crippen molar-refractivity contribution in [3.8, 4) is 5.75 Å². The topological polar surface area (TPSA) is 103 Å². The number of carbonyl (C=O) groups is 1. The van der Waals surface area contributed by atoms with Gasteiger partial charge in [-0.2, -0.15) is 0 Å². The molecule has 33 heavy (non-hydrogen) atoms. The van der Waals surface area contributed by atoms with Gasteiger partial charge < -0.3 is 9.15 Å². The highest BCUT2D eigenvalue weighted by atomic mass is 35.5. The third-order valence-electron chi connectivity index (χ3n) is 5.05. The summed E-state index contributed by atoms with van der Waals surface area (Å²) in [4.78, 5) is 24.2. The molecule has 3 rings (SSSR count). The van der Waals surface area contributed by atoms with Crippen LogP contribution in [0.4, 0.5) is 0 Å². The molecule has 0 bridgehead atoms. The van der Waals surface area contributed by atoms with Gasteiger partial charge in [-0.05, 0) is 50.5 Å². The smallest absolute Gasteiger partial charge is 0.355 e. The van der Waals surface area contributed by atoms with Crippen molar-refractivity contribution < 1.29 is 22.4 Å². The second-order valence-electron chi connectivity index (χ2n) is 7.60. The minimum Gasteiger partial charge on any atom is -0.425 e. The zero-order valence-corrected chi connectivity index (χ0v) is 20.4. The standard InChI is InChI=1S/C23H23Cl2NO6S/c1-14-7-9-16(10-8-14)33(29,30)26-11-5-3-4-6-21(27)31-20-13-19-17(12-18(20)24)15(2)22(25)23(28)32-19/h7-10,12-13,26H,3-6,11H2,1-2H3. The van der Waals surface area contributed by atoms with E-state index in [1.807, 2.05) is 6.92 Å². The molecule has 0 unspecified atom stereocenters. The lowest BCUT2D eigenvalue weighted by atomic mass is 10.1. The quantitative estimate of drug-likeness (QED) is 0.184. The van der Waals surface area contributed by atoms with E-state index < -0.39 is 21.6 Å². The lowest BCUT2D eigenvalue weighted by Crippen LogP contribution is -2.24. The molecule has 0 spiro atoms. The SMILES string of the molecule is Cc1ccc(S(=O)(=O)NCCCCCC(=O)Oc2cc3oc(=O)c(Cl)c(C)c3cc2Cl)cc1. The molecule has 0 radical (unpaired) electrons. The van der Waals surface area contributed by atoms with E-state index in [2.05, 4.69) is 4.72 Å². The van der Waals surface area contributed by atoms with Crippen LogP contribution in [0.2, 0.25) is 10.0 Å². The third-order valence-corrected chi connectivity index (χ3v) is 7.26. The summed E-state index contributed by atoms with van der Waals surface area (Å²) in [5.41, 5.74) is 1.05. The van der Waals surface area contributed by atoms with Gasteiger partial charge in [0.2, 0.25) is 10.0 Å². The maximum atomic E-state index is 12.2. The first-order valence-electron chi connectivity index (χ1n) is 10.3. The Labute approximate surface area is 201 Å². The van der Waals surface area contributed by atoms with Gasteiger partial charge in [0.1, 0.15) is 10.6 Å². The Morgan fingerprint density at radius 3 is 2.45 bits per heavy atom. The van der Waals surface area contributed by atoms with Crippen LogP contribution in [0.15, 0.2) is 50.5 Å².